The van der Waals surface area contributed by atoms with E-state index in [0.717, 1.165) is 10.4 Å². The van der Waals surface area contributed by atoms with Gasteiger partial charge < -0.3 is 10.4 Å². The second-order valence-electron chi connectivity index (χ2n) is 4.06. The molecule has 0 saturated carbocycles. The third-order valence-electron chi connectivity index (χ3n) is 2.79. The van der Waals surface area contributed by atoms with Gasteiger partial charge in [-0.1, -0.05) is 6.08 Å². The van der Waals surface area contributed by atoms with Crippen molar-refractivity contribution in [2.45, 2.75) is 32.7 Å². The molecule has 1 aromatic rings. The van der Waals surface area contributed by atoms with Crippen molar-refractivity contribution in [3.8, 4) is 0 Å². The van der Waals surface area contributed by atoms with Gasteiger partial charge in [-0.25, -0.2) is 4.79 Å². The first-order valence-electron chi connectivity index (χ1n) is 5.66. The summed E-state index contributed by atoms with van der Waals surface area (Å²) >= 11 is 1.49. The van der Waals surface area contributed by atoms with Crippen LogP contribution in [0, 0.1) is 13.8 Å². The maximum Gasteiger partial charge on any atom is 0.326 e. The van der Waals surface area contributed by atoms with Crippen LogP contribution in [0.25, 0.3) is 0 Å². The maximum atomic E-state index is 12.0. The zero-order valence-electron chi connectivity index (χ0n) is 10.5. The number of aliphatic carboxylic acids is 1. The predicted octanol–water partition coefficient (Wildman–Crippen LogP) is 2.51. The molecule has 1 amide bonds. The molecule has 98 valence electrons. The Balaban J connectivity index is 2.75. The van der Waals surface area contributed by atoms with E-state index in [1.807, 2.05) is 13.8 Å². The molecule has 1 unspecified atom stereocenters. The molecule has 1 rings (SSSR count). The van der Waals surface area contributed by atoms with Crippen molar-refractivity contribution in [1.29, 1.82) is 0 Å². The smallest absolute Gasteiger partial charge is 0.326 e. The summed E-state index contributed by atoms with van der Waals surface area (Å²) in [6.07, 6.45) is 2.55. The summed E-state index contributed by atoms with van der Waals surface area (Å²) in [6.45, 7) is 7.34. The quantitative estimate of drug-likeness (QED) is 0.778. The normalized spacial score (nSPS) is 11.9. The van der Waals surface area contributed by atoms with Gasteiger partial charge in [-0.3, -0.25) is 4.79 Å². The monoisotopic (exact) mass is 267 g/mol. The molecule has 0 spiro atoms. The van der Waals surface area contributed by atoms with E-state index < -0.39 is 12.0 Å². The van der Waals surface area contributed by atoms with E-state index in [-0.39, 0.29) is 5.91 Å². The Hall–Kier alpha value is -1.62. The summed E-state index contributed by atoms with van der Waals surface area (Å²) in [4.78, 5) is 24.0. The largest absolute Gasteiger partial charge is 0.480 e. The van der Waals surface area contributed by atoms with E-state index in [1.54, 1.807) is 11.5 Å². The molecular weight excluding hydrogens is 250 g/mol. The highest BCUT2D eigenvalue weighted by Gasteiger charge is 2.21. The average molecular weight is 267 g/mol. The van der Waals surface area contributed by atoms with Gasteiger partial charge in [-0.05, 0) is 32.3 Å². The number of rotatable bonds is 6. The van der Waals surface area contributed by atoms with Crippen LogP contribution in [-0.4, -0.2) is 23.0 Å². The zero-order valence-corrected chi connectivity index (χ0v) is 11.3. The fraction of sp³-hybridized carbons (Fsp3) is 0.385. The van der Waals surface area contributed by atoms with Gasteiger partial charge in [0.25, 0.3) is 5.91 Å². The number of carbonyl (C=O) groups excluding carboxylic acids is 1. The number of thiophene rings is 1. The Bertz CT molecular complexity index is 465. The first kappa shape index (κ1) is 14.4. The molecule has 0 aromatic carbocycles. The summed E-state index contributed by atoms with van der Waals surface area (Å²) in [5, 5.41) is 13.3. The van der Waals surface area contributed by atoms with Gasteiger partial charge in [-0.15, -0.1) is 17.9 Å². The van der Waals surface area contributed by atoms with Gasteiger partial charge in [0.1, 0.15) is 6.04 Å². The van der Waals surface area contributed by atoms with Gasteiger partial charge in [0.15, 0.2) is 0 Å². The standard InChI is InChI=1S/C13H17NO3S/c1-4-5-6-11(13(16)17)14-12(15)10-7-18-9(3)8(10)2/h4,7,11H,1,5-6H2,2-3H3,(H,14,15)(H,16,17). The summed E-state index contributed by atoms with van der Waals surface area (Å²) < 4.78 is 0. The van der Waals surface area contributed by atoms with Crippen LogP contribution in [0.4, 0.5) is 0 Å². The van der Waals surface area contributed by atoms with Crippen LogP contribution in [0.15, 0.2) is 18.0 Å². The van der Waals surface area contributed by atoms with Crippen LogP contribution in [-0.2, 0) is 4.79 Å². The van der Waals surface area contributed by atoms with Crippen molar-refractivity contribution in [2.75, 3.05) is 0 Å². The van der Waals surface area contributed by atoms with Gasteiger partial charge in [0.2, 0.25) is 0 Å². The summed E-state index contributed by atoms with van der Waals surface area (Å²) in [5.74, 6) is -1.34. The molecule has 1 aromatic heterocycles. The Kier molecular flexibility index (Phi) is 5.09. The van der Waals surface area contributed by atoms with Gasteiger partial charge in [-0.2, -0.15) is 0 Å². The van der Waals surface area contributed by atoms with Crippen LogP contribution in [0.3, 0.4) is 0 Å². The van der Waals surface area contributed by atoms with Gasteiger partial charge >= 0.3 is 5.97 Å². The van der Waals surface area contributed by atoms with E-state index in [0.29, 0.717) is 18.4 Å². The van der Waals surface area contributed by atoms with E-state index >= 15 is 0 Å². The molecule has 1 atom stereocenters. The molecule has 0 radical (unpaired) electrons. The second-order valence-corrected chi connectivity index (χ2v) is 5.14. The number of carboxylic acids is 1. The lowest BCUT2D eigenvalue weighted by atomic mass is 10.1. The summed E-state index contributed by atoms with van der Waals surface area (Å²) in [7, 11) is 0. The molecule has 18 heavy (non-hydrogen) atoms. The lowest BCUT2D eigenvalue weighted by Crippen LogP contribution is -2.40. The number of allylic oxidation sites excluding steroid dienone is 1. The Morgan fingerprint density at radius 1 is 1.56 bits per heavy atom. The topological polar surface area (TPSA) is 66.4 Å². The van der Waals surface area contributed by atoms with Crippen molar-refractivity contribution < 1.29 is 14.7 Å². The van der Waals surface area contributed by atoms with Crippen LogP contribution in [0.2, 0.25) is 0 Å². The number of nitrogens with one attached hydrogen (secondary N) is 1. The maximum absolute atomic E-state index is 12.0. The lowest BCUT2D eigenvalue weighted by Gasteiger charge is -2.13. The highest BCUT2D eigenvalue weighted by atomic mass is 32.1. The minimum atomic E-state index is -1.02. The van der Waals surface area contributed by atoms with Gasteiger partial charge in [0, 0.05) is 10.3 Å². The fourth-order valence-corrected chi connectivity index (χ4v) is 2.38. The molecule has 0 bridgehead atoms. The van der Waals surface area contributed by atoms with E-state index in [4.69, 9.17) is 5.11 Å². The van der Waals surface area contributed by atoms with Crippen LogP contribution >= 0.6 is 11.3 Å². The third kappa shape index (κ3) is 3.43. The first-order valence-corrected chi connectivity index (χ1v) is 6.54. The van der Waals surface area contributed by atoms with Crippen LogP contribution in [0.5, 0.6) is 0 Å². The average Bonchev–Trinajstić information content (AvgIpc) is 2.65. The summed E-state index contributed by atoms with van der Waals surface area (Å²) in [6, 6.07) is -0.866. The fourth-order valence-electron chi connectivity index (χ4n) is 1.52. The minimum Gasteiger partial charge on any atom is -0.480 e. The van der Waals surface area contributed by atoms with Gasteiger partial charge in [0.05, 0.1) is 5.56 Å². The highest BCUT2D eigenvalue weighted by molar-refractivity contribution is 7.10. The zero-order chi connectivity index (χ0) is 13.7. The van der Waals surface area contributed by atoms with Crippen molar-refractivity contribution in [3.63, 3.8) is 0 Å². The number of aryl methyl sites for hydroxylation is 1. The molecule has 0 aliphatic heterocycles. The summed E-state index contributed by atoms with van der Waals surface area (Å²) in [5.41, 5.74) is 1.47. The molecule has 1 heterocycles. The van der Waals surface area contributed by atoms with Crippen LogP contribution < -0.4 is 5.32 Å². The molecule has 0 saturated heterocycles. The Labute approximate surface area is 110 Å². The molecule has 0 fully saturated rings. The van der Waals surface area contributed by atoms with Crippen molar-refractivity contribution in [2.24, 2.45) is 0 Å². The number of amides is 1. The molecular formula is C13H17NO3S. The van der Waals surface area contributed by atoms with E-state index in [9.17, 15) is 9.59 Å². The molecule has 2 N–H and O–H groups in total. The minimum absolute atomic E-state index is 0.326. The highest BCUT2D eigenvalue weighted by Crippen LogP contribution is 2.20. The molecule has 0 aliphatic carbocycles. The van der Waals surface area contributed by atoms with Crippen molar-refractivity contribution in [3.05, 3.63) is 34.0 Å². The third-order valence-corrected chi connectivity index (χ3v) is 3.81. The number of hydrogen-bond donors (Lipinski definition) is 2. The first-order chi connectivity index (χ1) is 8.47. The number of carboxylic acid groups (broad SMARTS) is 1. The number of hydrogen-bond acceptors (Lipinski definition) is 3. The van der Waals surface area contributed by atoms with Crippen molar-refractivity contribution in [1.82, 2.24) is 5.32 Å². The molecule has 0 aliphatic rings. The van der Waals surface area contributed by atoms with E-state index in [2.05, 4.69) is 11.9 Å². The molecule has 5 heteroatoms. The Morgan fingerprint density at radius 3 is 2.67 bits per heavy atom. The lowest BCUT2D eigenvalue weighted by molar-refractivity contribution is -0.139. The molecule has 4 nitrogen and oxygen atoms in total. The van der Waals surface area contributed by atoms with Crippen molar-refractivity contribution >= 4 is 23.2 Å². The SMILES string of the molecule is C=CCCC(NC(=O)c1csc(C)c1C)C(=O)O. The Morgan fingerprint density at radius 2 is 2.22 bits per heavy atom. The van der Waals surface area contributed by atoms with E-state index in [1.165, 1.54) is 11.3 Å². The van der Waals surface area contributed by atoms with Crippen LogP contribution in [0.1, 0.15) is 33.6 Å². The number of carbonyl (C=O) groups is 2. The predicted molar refractivity (Wildman–Crippen MR) is 72.1 cm³/mol. The second kappa shape index (κ2) is 6.35.